The van der Waals surface area contributed by atoms with Gasteiger partial charge in [0, 0.05) is 42.9 Å². The van der Waals surface area contributed by atoms with Gasteiger partial charge in [-0.25, -0.2) is 15.2 Å². The van der Waals surface area contributed by atoms with E-state index in [4.69, 9.17) is 4.74 Å². The lowest BCUT2D eigenvalue weighted by Gasteiger charge is -2.48. The number of ether oxygens (including phenoxy) is 1. The fourth-order valence-electron chi connectivity index (χ4n) is 6.46. The number of nitrogens with one attached hydrogen (secondary N) is 4. The van der Waals surface area contributed by atoms with Gasteiger partial charge in [-0.2, -0.15) is 5.26 Å². The van der Waals surface area contributed by atoms with E-state index in [1.54, 1.807) is 4.90 Å². The molecule has 0 spiro atoms. The molecule has 1 aromatic rings. The van der Waals surface area contributed by atoms with Gasteiger partial charge in [0.15, 0.2) is 0 Å². The maximum absolute atomic E-state index is 13.2. The van der Waals surface area contributed by atoms with Crippen LogP contribution >= 0.6 is 0 Å². The van der Waals surface area contributed by atoms with Crippen LogP contribution in [-0.4, -0.2) is 70.9 Å². The molecule has 4 N–H and O–H groups in total. The molecule has 0 radical (unpaired) electrons. The predicted octanol–water partition coefficient (Wildman–Crippen LogP) is 3.67. The van der Waals surface area contributed by atoms with Gasteiger partial charge in [0.25, 0.3) is 0 Å². The Bertz CT molecular complexity index is 1100. The summed E-state index contributed by atoms with van der Waals surface area (Å²) in [7, 11) is 0. The summed E-state index contributed by atoms with van der Waals surface area (Å²) >= 11 is 0. The monoisotopic (exact) mass is 553 g/mol. The molecule has 4 rings (SSSR count). The molecule has 220 valence electrons. The van der Waals surface area contributed by atoms with Crippen molar-refractivity contribution >= 4 is 17.7 Å². The van der Waals surface area contributed by atoms with Crippen LogP contribution in [0.4, 0.5) is 10.5 Å². The summed E-state index contributed by atoms with van der Waals surface area (Å²) in [5.74, 6) is -0.298. The van der Waals surface area contributed by atoms with Crippen LogP contribution in [0.25, 0.3) is 0 Å². The molecule has 10 heteroatoms. The van der Waals surface area contributed by atoms with Crippen LogP contribution in [-0.2, 0) is 15.1 Å². The summed E-state index contributed by atoms with van der Waals surface area (Å²) in [4.78, 5) is 27.6. The topological polar surface area (TPSA) is 122 Å². The van der Waals surface area contributed by atoms with Gasteiger partial charge in [-0.3, -0.25) is 4.79 Å². The number of benzene rings is 1. The first-order valence-electron chi connectivity index (χ1n) is 14.6. The number of anilines is 1. The molecule has 0 saturated carbocycles. The minimum Gasteiger partial charge on any atom is -0.444 e. The zero-order valence-electron chi connectivity index (χ0n) is 25.1. The number of rotatable bonds is 7. The molecule has 3 atom stereocenters. The zero-order valence-corrected chi connectivity index (χ0v) is 25.1. The summed E-state index contributed by atoms with van der Waals surface area (Å²) in [6, 6.07) is 11.1. The average molecular weight is 554 g/mol. The number of hydrogen-bond donors (Lipinski definition) is 4. The lowest BCUT2D eigenvalue weighted by Crippen LogP contribution is -2.62. The molecule has 3 unspecified atom stereocenters. The second kappa shape index (κ2) is 11.6. The molecule has 3 saturated heterocycles. The normalized spacial score (nSPS) is 25.2. The molecule has 3 aliphatic heterocycles. The van der Waals surface area contributed by atoms with Crippen LogP contribution in [0.15, 0.2) is 24.3 Å². The van der Waals surface area contributed by atoms with E-state index in [1.165, 1.54) is 5.56 Å². The average Bonchev–Trinajstić information content (AvgIpc) is 3.23. The molecular formula is C30H47N7O3. The molecule has 0 bridgehead atoms. The number of nitrogens with zero attached hydrogens (tertiary/aromatic N) is 3. The number of fused-ring (bicyclic) bond motifs is 1. The second-order valence-corrected chi connectivity index (χ2v) is 13.3. The lowest BCUT2D eigenvalue weighted by molar-refractivity contribution is -0.128. The highest BCUT2D eigenvalue weighted by atomic mass is 16.6. The van der Waals surface area contributed by atoms with E-state index in [0.29, 0.717) is 44.9 Å². The van der Waals surface area contributed by atoms with Gasteiger partial charge < -0.3 is 25.6 Å². The van der Waals surface area contributed by atoms with Crippen LogP contribution < -0.4 is 21.4 Å². The summed E-state index contributed by atoms with van der Waals surface area (Å²) in [6.07, 6.45) is 1.70. The SMILES string of the molecule is CC(C)NC(C)(C)c1ccc(NC2NN(C3(CC#N)CCN(C(=O)OC(C)(C)C)CC3)C3CCNC(=O)C23)cc1. The minimum absolute atomic E-state index is 0.0148. The molecule has 3 fully saturated rings. The zero-order chi connectivity index (χ0) is 29.3. The van der Waals surface area contributed by atoms with E-state index in [1.807, 2.05) is 20.8 Å². The molecule has 40 heavy (non-hydrogen) atoms. The summed E-state index contributed by atoms with van der Waals surface area (Å²) < 4.78 is 5.59. The Morgan fingerprint density at radius 1 is 1.18 bits per heavy atom. The number of piperidine rings is 2. The maximum atomic E-state index is 13.2. The van der Waals surface area contributed by atoms with Gasteiger partial charge in [0.1, 0.15) is 11.8 Å². The van der Waals surface area contributed by atoms with Crippen molar-refractivity contribution in [1.82, 2.24) is 26.0 Å². The fourth-order valence-corrected chi connectivity index (χ4v) is 6.46. The summed E-state index contributed by atoms with van der Waals surface area (Å²) in [6.45, 7) is 15.8. The third-order valence-corrected chi connectivity index (χ3v) is 8.27. The van der Waals surface area contributed by atoms with E-state index in [0.717, 1.165) is 12.1 Å². The third kappa shape index (κ3) is 6.54. The molecular weight excluding hydrogens is 506 g/mol. The van der Waals surface area contributed by atoms with Crippen molar-refractivity contribution < 1.29 is 14.3 Å². The highest BCUT2D eigenvalue weighted by molar-refractivity contribution is 5.82. The number of carbonyl (C=O) groups excluding carboxylic acids is 2. The third-order valence-electron chi connectivity index (χ3n) is 8.27. The molecule has 3 aliphatic rings. The van der Waals surface area contributed by atoms with Crippen LogP contribution in [0.1, 0.15) is 79.7 Å². The maximum Gasteiger partial charge on any atom is 0.410 e. The molecule has 10 nitrogen and oxygen atoms in total. The minimum atomic E-state index is -0.560. The lowest BCUT2D eigenvalue weighted by atomic mass is 9.81. The number of nitriles is 1. The molecule has 3 heterocycles. The highest BCUT2D eigenvalue weighted by Crippen LogP contribution is 2.40. The van der Waals surface area contributed by atoms with Crippen LogP contribution in [0.3, 0.4) is 0 Å². The standard InChI is InChI=1S/C30H47N7O3/c1-20(2)34-29(6,7)21-8-10-22(11-9-21)33-25-24-23(12-17-32-26(24)38)37(35-25)30(13-16-31)14-18-36(19-15-30)27(39)40-28(3,4)5/h8-11,20,23-25,33-35H,12-15,17-19H2,1-7H3,(H,32,38). The molecule has 0 aromatic heterocycles. The Hall–Kier alpha value is -2.87. The van der Waals surface area contributed by atoms with E-state index in [9.17, 15) is 14.9 Å². The number of hydrogen-bond acceptors (Lipinski definition) is 8. The Balaban J connectivity index is 1.52. The molecule has 2 amide bonds. The van der Waals surface area contributed by atoms with E-state index < -0.39 is 11.1 Å². The summed E-state index contributed by atoms with van der Waals surface area (Å²) in [5.41, 5.74) is 4.52. The Morgan fingerprint density at radius 3 is 2.40 bits per heavy atom. The molecule has 1 aromatic carbocycles. The Morgan fingerprint density at radius 2 is 1.82 bits per heavy atom. The van der Waals surface area contributed by atoms with Crippen LogP contribution in [0.5, 0.6) is 0 Å². The smallest absolute Gasteiger partial charge is 0.410 e. The number of likely N-dealkylation sites (tertiary alicyclic amines) is 1. The number of hydrazine groups is 1. The van der Waals surface area contributed by atoms with Crippen molar-refractivity contribution in [1.29, 1.82) is 5.26 Å². The van der Waals surface area contributed by atoms with Gasteiger partial charge in [-0.05, 0) is 71.6 Å². The van der Waals surface area contributed by atoms with Crippen molar-refractivity contribution in [2.75, 3.05) is 25.0 Å². The summed E-state index contributed by atoms with van der Waals surface area (Å²) in [5, 5.41) is 22.3. The van der Waals surface area contributed by atoms with Gasteiger partial charge in [-0.15, -0.1) is 0 Å². The highest BCUT2D eigenvalue weighted by Gasteiger charge is 2.55. The van der Waals surface area contributed by atoms with Crippen LogP contribution in [0.2, 0.25) is 0 Å². The first-order chi connectivity index (χ1) is 18.7. The first-order valence-corrected chi connectivity index (χ1v) is 14.6. The van der Waals surface area contributed by atoms with Gasteiger partial charge in [0.05, 0.1) is 23.9 Å². The van der Waals surface area contributed by atoms with Crippen molar-refractivity contribution in [3.63, 3.8) is 0 Å². The number of amides is 2. The first kappa shape index (κ1) is 30.1. The van der Waals surface area contributed by atoms with E-state index >= 15 is 0 Å². The van der Waals surface area contributed by atoms with Crippen molar-refractivity contribution in [2.45, 2.75) is 109 Å². The van der Waals surface area contributed by atoms with Crippen molar-refractivity contribution in [3.05, 3.63) is 29.8 Å². The quantitative estimate of drug-likeness (QED) is 0.404. The van der Waals surface area contributed by atoms with E-state index in [-0.39, 0.29) is 35.7 Å². The number of carbonyl (C=O) groups is 2. The predicted molar refractivity (Wildman–Crippen MR) is 155 cm³/mol. The molecule has 0 aliphatic carbocycles. The Labute approximate surface area is 239 Å². The van der Waals surface area contributed by atoms with Gasteiger partial charge in [0.2, 0.25) is 5.91 Å². The van der Waals surface area contributed by atoms with Gasteiger partial charge in [-0.1, -0.05) is 26.0 Å². The fraction of sp³-hybridized carbons (Fsp3) is 0.700. The van der Waals surface area contributed by atoms with Gasteiger partial charge >= 0.3 is 6.09 Å². The van der Waals surface area contributed by atoms with Crippen molar-refractivity contribution in [2.24, 2.45) is 5.92 Å². The van der Waals surface area contributed by atoms with Crippen molar-refractivity contribution in [3.8, 4) is 6.07 Å². The van der Waals surface area contributed by atoms with E-state index in [2.05, 4.69) is 84.4 Å². The second-order valence-electron chi connectivity index (χ2n) is 13.3. The Kier molecular flexibility index (Phi) is 8.69. The van der Waals surface area contributed by atoms with Crippen LogP contribution in [0, 0.1) is 17.2 Å². The largest absolute Gasteiger partial charge is 0.444 e.